The lowest BCUT2D eigenvalue weighted by atomic mass is 10.1. The van der Waals surface area contributed by atoms with Crippen LogP contribution < -0.4 is 5.32 Å². The van der Waals surface area contributed by atoms with Crippen LogP contribution in [-0.2, 0) is 13.2 Å². The minimum Gasteiger partial charge on any atom is -0.392 e. The van der Waals surface area contributed by atoms with Crippen molar-refractivity contribution in [1.82, 2.24) is 10.2 Å². The molecular weight excluding hydrogens is 210 g/mol. The fourth-order valence-electron chi connectivity index (χ4n) is 1.19. The molecule has 0 bridgehead atoms. The first-order valence-electron chi connectivity index (χ1n) is 4.57. The van der Waals surface area contributed by atoms with Crippen molar-refractivity contribution < 1.29 is 5.11 Å². The van der Waals surface area contributed by atoms with Gasteiger partial charge in [0.15, 0.2) is 0 Å². The van der Waals surface area contributed by atoms with Gasteiger partial charge >= 0.3 is 0 Å². The molecular formula is C10H11N3OS. The summed E-state index contributed by atoms with van der Waals surface area (Å²) in [5.74, 6) is 0. The first kappa shape index (κ1) is 10.1. The second-order valence-electron chi connectivity index (χ2n) is 3.07. The summed E-state index contributed by atoms with van der Waals surface area (Å²) in [4.78, 5) is 0. The Morgan fingerprint density at radius 1 is 1.20 bits per heavy atom. The van der Waals surface area contributed by atoms with E-state index in [0.717, 1.165) is 22.8 Å². The molecule has 2 aromatic rings. The Morgan fingerprint density at radius 2 is 1.93 bits per heavy atom. The third kappa shape index (κ3) is 2.74. The van der Waals surface area contributed by atoms with E-state index in [1.807, 2.05) is 24.3 Å². The Bertz CT molecular complexity index is 399. The largest absolute Gasteiger partial charge is 0.392 e. The predicted octanol–water partition coefficient (Wildman–Crippen LogP) is 1.64. The van der Waals surface area contributed by atoms with E-state index in [4.69, 9.17) is 5.11 Å². The summed E-state index contributed by atoms with van der Waals surface area (Å²) in [6, 6.07) is 7.80. The average molecular weight is 221 g/mol. The van der Waals surface area contributed by atoms with Crippen molar-refractivity contribution in [3.63, 3.8) is 0 Å². The highest BCUT2D eigenvalue weighted by Crippen LogP contribution is 2.11. The van der Waals surface area contributed by atoms with Gasteiger partial charge in [0.05, 0.1) is 6.61 Å². The molecule has 5 heteroatoms. The molecule has 0 aliphatic rings. The molecule has 0 aliphatic heterocycles. The summed E-state index contributed by atoms with van der Waals surface area (Å²) in [5, 5.41) is 20.5. The zero-order valence-corrected chi connectivity index (χ0v) is 8.87. The maximum absolute atomic E-state index is 8.88. The minimum absolute atomic E-state index is 0.0874. The van der Waals surface area contributed by atoms with Crippen LogP contribution in [0, 0.1) is 0 Å². The molecule has 0 atom stereocenters. The van der Waals surface area contributed by atoms with Crippen molar-refractivity contribution in [3.8, 4) is 0 Å². The third-order valence-corrected chi connectivity index (χ3v) is 2.66. The van der Waals surface area contributed by atoms with Crippen molar-refractivity contribution in [2.24, 2.45) is 0 Å². The van der Waals surface area contributed by atoms with Gasteiger partial charge in [0.25, 0.3) is 0 Å². The molecule has 78 valence electrons. The molecule has 15 heavy (non-hydrogen) atoms. The smallest absolute Gasteiger partial charge is 0.205 e. The predicted molar refractivity (Wildman–Crippen MR) is 59.6 cm³/mol. The fourth-order valence-corrected chi connectivity index (χ4v) is 1.63. The van der Waals surface area contributed by atoms with Crippen LogP contribution in [0.4, 0.5) is 5.13 Å². The number of aliphatic hydroxyl groups excluding tert-OH is 1. The van der Waals surface area contributed by atoms with Crippen LogP contribution in [0.2, 0.25) is 0 Å². The van der Waals surface area contributed by atoms with Gasteiger partial charge in [-0.15, -0.1) is 10.2 Å². The van der Waals surface area contributed by atoms with Crippen molar-refractivity contribution in [3.05, 3.63) is 40.9 Å². The molecule has 0 saturated heterocycles. The van der Waals surface area contributed by atoms with Gasteiger partial charge in [-0.3, -0.25) is 0 Å². The van der Waals surface area contributed by atoms with Gasteiger partial charge in [-0.2, -0.15) is 0 Å². The topological polar surface area (TPSA) is 58.0 Å². The highest BCUT2D eigenvalue weighted by atomic mass is 32.1. The fraction of sp³-hybridized carbons (Fsp3) is 0.200. The van der Waals surface area contributed by atoms with E-state index in [1.165, 1.54) is 11.3 Å². The van der Waals surface area contributed by atoms with Gasteiger partial charge in [-0.1, -0.05) is 35.6 Å². The Labute approximate surface area is 91.6 Å². The molecule has 0 amide bonds. The number of anilines is 1. The second kappa shape index (κ2) is 4.86. The summed E-state index contributed by atoms with van der Waals surface area (Å²) in [5.41, 5.74) is 3.77. The molecule has 2 N–H and O–H groups in total. The minimum atomic E-state index is 0.0874. The molecule has 0 spiro atoms. The number of hydrogen-bond donors (Lipinski definition) is 2. The molecule has 0 saturated carbocycles. The number of benzene rings is 1. The molecule has 1 heterocycles. The highest BCUT2D eigenvalue weighted by molar-refractivity contribution is 7.13. The van der Waals surface area contributed by atoms with Crippen LogP contribution in [0.1, 0.15) is 11.1 Å². The second-order valence-corrected chi connectivity index (χ2v) is 3.91. The van der Waals surface area contributed by atoms with Crippen molar-refractivity contribution >= 4 is 16.5 Å². The molecule has 4 nitrogen and oxygen atoms in total. The number of aromatic nitrogens is 2. The number of hydrogen-bond acceptors (Lipinski definition) is 5. The lowest BCUT2D eigenvalue weighted by Gasteiger charge is -2.03. The third-order valence-electron chi connectivity index (χ3n) is 2.01. The number of nitrogens with zero attached hydrogens (tertiary/aromatic N) is 2. The van der Waals surface area contributed by atoms with E-state index in [1.54, 1.807) is 5.51 Å². The maximum atomic E-state index is 8.88. The summed E-state index contributed by atoms with van der Waals surface area (Å²) < 4.78 is 0. The van der Waals surface area contributed by atoms with Gasteiger partial charge in [0, 0.05) is 6.54 Å². The van der Waals surface area contributed by atoms with Gasteiger partial charge < -0.3 is 10.4 Å². The van der Waals surface area contributed by atoms with Gasteiger partial charge in [0.2, 0.25) is 5.13 Å². The van der Waals surface area contributed by atoms with Crippen LogP contribution in [0.5, 0.6) is 0 Å². The quantitative estimate of drug-likeness (QED) is 0.824. The lowest BCUT2D eigenvalue weighted by molar-refractivity contribution is 0.282. The monoisotopic (exact) mass is 221 g/mol. The molecule has 0 radical (unpaired) electrons. The first-order valence-corrected chi connectivity index (χ1v) is 5.45. The molecule has 0 unspecified atom stereocenters. The van der Waals surface area contributed by atoms with E-state index in [0.29, 0.717) is 0 Å². The Balaban J connectivity index is 1.93. The van der Waals surface area contributed by atoms with Gasteiger partial charge in [-0.25, -0.2) is 0 Å². The van der Waals surface area contributed by atoms with Crippen LogP contribution in [0.25, 0.3) is 0 Å². The zero-order chi connectivity index (χ0) is 10.5. The average Bonchev–Trinajstić information content (AvgIpc) is 2.80. The normalized spacial score (nSPS) is 10.2. The number of aliphatic hydroxyl groups is 1. The molecule has 1 aromatic heterocycles. The summed E-state index contributed by atoms with van der Waals surface area (Å²) in [6.45, 7) is 0.811. The number of rotatable bonds is 4. The van der Waals surface area contributed by atoms with E-state index < -0.39 is 0 Å². The van der Waals surface area contributed by atoms with Crippen LogP contribution >= 0.6 is 11.3 Å². The lowest BCUT2D eigenvalue weighted by Crippen LogP contribution is -1.99. The SMILES string of the molecule is OCc1ccc(CNc2nncs2)cc1. The van der Waals surface area contributed by atoms with Crippen molar-refractivity contribution in [1.29, 1.82) is 0 Å². The maximum Gasteiger partial charge on any atom is 0.205 e. The number of nitrogens with one attached hydrogen (secondary N) is 1. The molecule has 2 rings (SSSR count). The molecule has 0 fully saturated rings. The van der Waals surface area contributed by atoms with Crippen LogP contribution in [0.3, 0.4) is 0 Å². The first-order chi connectivity index (χ1) is 7.38. The van der Waals surface area contributed by atoms with E-state index in [9.17, 15) is 0 Å². The highest BCUT2D eigenvalue weighted by Gasteiger charge is 1.96. The van der Waals surface area contributed by atoms with Crippen molar-refractivity contribution in [2.75, 3.05) is 5.32 Å². The van der Waals surface area contributed by atoms with E-state index in [2.05, 4.69) is 15.5 Å². The summed E-state index contributed by atoms with van der Waals surface area (Å²) in [7, 11) is 0. The zero-order valence-electron chi connectivity index (χ0n) is 8.05. The van der Waals surface area contributed by atoms with Crippen LogP contribution in [0.15, 0.2) is 29.8 Å². The Kier molecular flexibility index (Phi) is 3.26. The molecule has 0 aliphatic carbocycles. The molecule has 1 aromatic carbocycles. The van der Waals surface area contributed by atoms with E-state index >= 15 is 0 Å². The summed E-state index contributed by atoms with van der Waals surface area (Å²) in [6.07, 6.45) is 0. The van der Waals surface area contributed by atoms with Crippen LogP contribution in [-0.4, -0.2) is 15.3 Å². The van der Waals surface area contributed by atoms with Crippen molar-refractivity contribution in [2.45, 2.75) is 13.2 Å². The van der Waals surface area contributed by atoms with E-state index in [-0.39, 0.29) is 6.61 Å². The van der Waals surface area contributed by atoms with Gasteiger partial charge in [-0.05, 0) is 11.1 Å². The summed E-state index contributed by atoms with van der Waals surface area (Å²) >= 11 is 1.48. The Hall–Kier alpha value is -1.46. The van der Waals surface area contributed by atoms with Gasteiger partial charge in [0.1, 0.15) is 5.51 Å². The Morgan fingerprint density at radius 3 is 2.53 bits per heavy atom. The standard InChI is InChI=1S/C10H11N3OS/c14-6-9-3-1-8(2-4-9)5-11-10-13-12-7-15-10/h1-4,7,14H,5-6H2,(H,11,13).